The van der Waals surface area contributed by atoms with Crippen molar-refractivity contribution < 1.29 is 5.11 Å². The lowest BCUT2D eigenvalue weighted by Crippen LogP contribution is -2.32. The van der Waals surface area contributed by atoms with Gasteiger partial charge in [0.1, 0.15) is 5.75 Å². The predicted molar refractivity (Wildman–Crippen MR) is 80.6 cm³/mol. The molecule has 1 aromatic rings. The summed E-state index contributed by atoms with van der Waals surface area (Å²) in [6, 6.07) is 5.81. The number of hydrogen-bond acceptors (Lipinski definition) is 2. The first-order chi connectivity index (χ1) is 9.19. The van der Waals surface area contributed by atoms with Gasteiger partial charge in [-0.25, -0.2) is 0 Å². The van der Waals surface area contributed by atoms with Crippen LogP contribution >= 0.6 is 11.6 Å². The molecule has 0 aliphatic heterocycles. The van der Waals surface area contributed by atoms with Gasteiger partial charge < -0.3 is 10.4 Å². The Balaban J connectivity index is 1.79. The predicted octanol–water partition coefficient (Wildman–Crippen LogP) is 4.49. The van der Waals surface area contributed by atoms with E-state index in [1.807, 2.05) is 6.07 Å². The van der Waals surface area contributed by atoms with E-state index in [0.717, 1.165) is 11.5 Å². The van der Waals surface area contributed by atoms with E-state index in [1.54, 1.807) is 12.1 Å². The van der Waals surface area contributed by atoms with E-state index in [0.29, 0.717) is 23.4 Å². The van der Waals surface area contributed by atoms with Gasteiger partial charge in [-0.05, 0) is 49.8 Å². The minimum Gasteiger partial charge on any atom is -0.508 e. The van der Waals surface area contributed by atoms with Crippen LogP contribution in [0.1, 0.15) is 51.0 Å². The number of nitrogens with one attached hydrogen (secondary N) is 1. The van der Waals surface area contributed by atoms with Gasteiger partial charge in [-0.1, -0.05) is 31.4 Å². The molecular weight excluding hydrogens is 258 g/mol. The van der Waals surface area contributed by atoms with Gasteiger partial charge in [0, 0.05) is 23.2 Å². The third kappa shape index (κ3) is 4.39. The Bertz CT molecular complexity index is 400. The first-order valence-corrected chi connectivity index (χ1v) is 7.77. The van der Waals surface area contributed by atoms with E-state index < -0.39 is 0 Å². The Morgan fingerprint density at radius 3 is 2.68 bits per heavy atom. The fourth-order valence-corrected chi connectivity index (χ4v) is 3.21. The zero-order chi connectivity index (χ0) is 13.7. The zero-order valence-electron chi connectivity index (χ0n) is 11.7. The Morgan fingerprint density at radius 1 is 1.26 bits per heavy atom. The molecule has 0 amide bonds. The van der Waals surface area contributed by atoms with Gasteiger partial charge >= 0.3 is 0 Å². The van der Waals surface area contributed by atoms with Crippen LogP contribution in [0.25, 0.3) is 0 Å². The van der Waals surface area contributed by atoms with Gasteiger partial charge in [-0.3, -0.25) is 0 Å². The van der Waals surface area contributed by atoms with Crippen LogP contribution in [0.4, 0.5) is 0 Å². The molecule has 2 N–H and O–H groups in total. The summed E-state index contributed by atoms with van der Waals surface area (Å²) in [6.45, 7) is 2.97. The van der Waals surface area contributed by atoms with Crippen LogP contribution < -0.4 is 5.32 Å². The maximum Gasteiger partial charge on any atom is 0.120 e. The maximum absolute atomic E-state index is 9.78. The molecular formula is C16H24ClNO. The molecule has 2 nitrogen and oxygen atoms in total. The molecule has 1 aliphatic carbocycles. The molecule has 0 heterocycles. The molecule has 0 bridgehead atoms. The highest BCUT2D eigenvalue weighted by atomic mass is 35.5. The molecule has 1 saturated carbocycles. The van der Waals surface area contributed by atoms with Crippen molar-refractivity contribution in [2.75, 3.05) is 0 Å². The molecule has 1 fully saturated rings. The highest BCUT2D eigenvalue weighted by Crippen LogP contribution is 2.28. The number of hydrogen-bond donors (Lipinski definition) is 2. The van der Waals surface area contributed by atoms with Crippen molar-refractivity contribution in [3.63, 3.8) is 0 Å². The van der Waals surface area contributed by atoms with E-state index in [1.165, 1.54) is 38.5 Å². The normalized spacial score (nSPS) is 23.5. The largest absolute Gasteiger partial charge is 0.508 e. The Morgan fingerprint density at radius 2 is 2.00 bits per heavy atom. The lowest BCUT2D eigenvalue weighted by molar-refractivity contribution is 0.277. The van der Waals surface area contributed by atoms with Crippen molar-refractivity contribution in [3.05, 3.63) is 28.8 Å². The number of rotatable bonds is 5. The highest BCUT2D eigenvalue weighted by Gasteiger charge is 2.20. The minimum atomic E-state index is 0.330. The molecule has 0 saturated heterocycles. The van der Waals surface area contributed by atoms with Crippen LogP contribution in [0.2, 0.25) is 5.02 Å². The van der Waals surface area contributed by atoms with Crippen LogP contribution in [0.15, 0.2) is 18.2 Å². The maximum atomic E-state index is 9.78. The van der Waals surface area contributed by atoms with Gasteiger partial charge in [0.15, 0.2) is 0 Å². The van der Waals surface area contributed by atoms with Crippen LogP contribution in [-0.4, -0.2) is 11.1 Å². The Kier molecular flexibility index (Phi) is 5.53. The minimum absolute atomic E-state index is 0.330. The van der Waals surface area contributed by atoms with Crippen LogP contribution in [0, 0.1) is 5.92 Å². The molecule has 0 unspecified atom stereocenters. The van der Waals surface area contributed by atoms with Gasteiger partial charge in [-0.15, -0.1) is 0 Å². The van der Waals surface area contributed by atoms with Gasteiger partial charge in [0.25, 0.3) is 0 Å². The number of phenols is 1. The van der Waals surface area contributed by atoms with E-state index in [2.05, 4.69) is 12.2 Å². The van der Waals surface area contributed by atoms with Crippen LogP contribution in [-0.2, 0) is 6.54 Å². The number of halogens is 1. The van der Waals surface area contributed by atoms with Crippen molar-refractivity contribution in [2.24, 2.45) is 5.92 Å². The second-order valence-corrected chi connectivity index (χ2v) is 6.10. The van der Waals surface area contributed by atoms with Crippen LogP contribution in [0.3, 0.4) is 0 Å². The summed E-state index contributed by atoms with van der Waals surface area (Å²) in [5.41, 5.74) is 0.892. The molecule has 0 aromatic heterocycles. The molecule has 1 aromatic carbocycles. The lowest BCUT2D eigenvalue weighted by Gasteiger charge is -2.29. The van der Waals surface area contributed by atoms with E-state index >= 15 is 0 Å². The second kappa shape index (κ2) is 7.16. The van der Waals surface area contributed by atoms with Gasteiger partial charge in [-0.2, -0.15) is 0 Å². The summed E-state index contributed by atoms with van der Waals surface area (Å²) in [4.78, 5) is 0. The molecule has 0 atom stereocenters. The average Bonchev–Trinajstić information content (AvgIpc) is 2.42. The molecule has 1 aliphatic rings. The Labute approximate surface area is 121 Å². The van der Waals surface area contributed by atoms with Crippen LogP contribution in [0.5, 0.6) is 5.75 Å². The first-order valence-electron chi connectivity index (χ1n) is 7.39. The van der Waals surface area contributed by atoms with Crippen molar-refractivity contribution in [1.82, 2.24) is 5.32 Å². The summed E-state index contributed by atoms with van der Waals surface area (Å²) >= 11 is 5.95. The van der Waals surface area contributed by atoms with Crippen molar-refractivity contribution in [1.29, 1.82) is 0 Å². The lowest BCUT2D eigenvalue weighted by atomic mass is 9.83. The Hall–Kier alpha value is -0.730. The zero-order valence-corrected chi connectivity index (χ0v) is 12.4. The van der Waals surface area contributed by atoms with Crippen molar-refractivity contribution >= 4 is 11.6 Å². The molecule has 19 heavy (non-hydrogen) atoms. The van der Waals surface area contributed by atoms with E-state index in [4.69, 9.17) is 11.6 Å². The number of phenolic OH excluding ortho intramolecular Hbond substituents is 1. The SMILES string of the molecule is CCCC1CCC(NCc2cc(Cl)ccc2O)CC1. The van der Waals surface area contributed by atoms with Crippen molar-refractivity contribution in [3.8, 4) is 5.75 Å². The standard InChI is InChI=1S/C16H24ClNO/c1-2-3-12-4-7-15(8-5-12)18-11-13-10-14(17)6-9-16(13)19/h6,9-10,12,15,18-19H,2-5,7-8,11H2,1H3. The summed E-state index contributed by atoms with van der Waals surface area (Å²) in [5.74, 6) is 1.26. The third-order valence-electron chi connectivity index (χ3n) is 4.17. The summed E-state index contributed by atoms with van der Waals surface area (Å²) in [5, 5.41) is 14.0. The first kappa shape index (κ1) is 14.7. The topological polar surface area (TPSA) is 32.3 Å². The smallest absolute Gasteiger partial charge is 0.120 e. The number of benzene rings is 1. The summed E-state index contributed by atoms with van der Waals surface area (Å²) < 4.78 is 0. The fraction of sp³-hybridized carbons (Fsp3) is 0.625. The molecule has 106 valence electrons. The number of aromatic hydroxyl groups is 1. The highest BCUT2D eigenvalue weighted by molar-refractivity contribution is 6.30. The average molecular weight is 282 g/mol. The summed E-state index contributed by atoms with van der Waals surface area (Å²) in [7, 11) is 0. The fourth-order valence-electron chi connectivity index (χ4n) is 3.01. The third-order valence-corrected chi connectivity index (χ3v) is 4.40. The van der Waals surface area contributed by atoms with E-state index in [-0.39, 0.29) is 0 Å². The second-order valence-electron chi connectivity index (χ2n) is 5.66. The monoisotopic (exact) mass is 281 g/mol. The molecule has 2 rings (SSSR count). The molecule has 3 heteroatoms. The molecule has 0 radical (unpaired) electrons. The van der Waals surface area contributed by atoms with Gasteiger partial charge in [0.2, 0.25) is 0 Å². The molecule has 0 spiro atoms. The van der Waals surface area contributed by atoms with E-state index in [9.17, 15) is 5.11 Å². The quantitative estimate of drug-likeness (QED) is 0.833. The van der Waals surface area contributed by atoms with Gasteiger partial charge in [0.05, 0.1) is 0 Å². The van der Waals surface area contributed by atoms with Crippen molar-refractivity contribution in [2.45, 2.75) is 58.0 Å². The summed E-state index contributed by atoms with van der Waals surface area (Å²) in [6.07, 6.45) is 7.87.